The van der Waals surface area contributed by atoms with E-state index in [9.17, 15) is 0 Å². The molecule has 4 rings (SSSR count). The molecule has 0 saturated heterocycles. The summed E-state index contributed by atoms with van der Waals surface area (Å²) >= 11 is 0. The normalized spacial score (nSPS) is 14.0. The maximum atomic E-state index is 4.69. The van der Waals surface area contributed by atoms with Gasteiger partial charge >= 0.3 is 0 Å². The molecular weight excluding hydrogens is 210 g/mol. The van der Waals surface area contributed by atoms with Crippen molar-refractivity contribution in [3.63, 3.8) is 0 Å². The van der Waals surface area contributed by atoms with Crippen LogP contribution < -0.4 is 0 Å². The molecule has 2 aromatic heterocycles. The van der Waals surface area contributed by atoms with E-state index in [1.165, 1.54) is 0 Å². The van der Waals surface area contributed by atoms with Crippen molar-refractivity contribution in [1.82, 2.24) is 14.4 Å². The van der Waals surface area contributed by atoms with Gasteiger partial charge in [-0.3, -0.25) is 4.40 Å². The standard InChI is InChI=1S/C14H9N3/c1-2-7-12-11(6-1)16-13(10-4-3-5-10)14-15-8-9-17(12)14/h1-9H. The van der Waals surface area contributed by atoms with Crippen LogP contribution in [0.3, 0.4) is 0 Å². The zero-order valence-corrected chi connectivity index (χ0v) is 9.04. The molecule has 17 heavy (non-hydrogen) atoms. The van der Waals surface area contributed by atoms with Gasteiger partial charge in [0.15, 0.2) is 5.65 Å². The molecule has 80 valence electrons. The third kappa shape index (κ3) is 1.11. The summed E-state index contributed by atoms with van der Waals surface area (Å²) in [5.41, 5.74) is 5.10. The summed E-state index contributed by atoms with van der Waals surface area (Å²) in [5.74, 6) is 0. The van der Waals surface area contributed by atoms with E-state index in [4.69, 9.17) is 4.98 Å². The van der Waals surface area contributed by atoms with E-state index in [1.807, 2.05) is 36.7 Å². The Bertz CT molecular complexity index is 793. The Kier molecular flexibility index (Phi) is 1.56. The summed E-state index contributed by atoms with van der Waals surface area (Å²) in [6.45, 7) is 0. The van der Waals surface area contributed by atoms with Crippen LogP contribution in [0, 0.1) is 0 Å². The number of imidazole rings is 1. The molecule has 0 fully saturated rings. The molecule has 0 aliphatic heterocycles. The summed E-state index contributed by atoms with van der Waals surface area (Å²) in [6, 6.07) is 8.12. The predicted octanol–water partition coefficient (Wildman–Crippen LogP) is 2.84. The van der Waals surface area contributed by atoms with E-state index < -0.39 is 0 Å². The molecule has 0 unspecified atom stereocenters. The van der Waals surface area contributed by atoms with E-state index in [0.29, 0.717) is 0 Å². The lowest BCUT2D eigenvalue weighted by Crippen LogP contribution is -1.99. The number of rotatable bonds is 1. The number of para-hydroxylation sites is 2. The number of nitrogens with zero attached hydrogens (tertiary/aromatic N) is 3. The molecule has 2 heterocycles. The van der Waals surface area contributed by atoms with Crippen LogP contribution in [-0.2, 0) is 0 Å². The first kappa shape index (κ1) is 8.70. The van der Waals surface area contributed by atoms with Gasteiger partial charge in [0.1, 0.15) is 5.69 Å². The van der Waals surface area contributed by atoms with Crippen molar-refractivity contribution in [1.29, 1.82) is 0 Å². The van der Waals surface area contributed by atoms with Gasteiger partial charge in [0.25, 0.3) is 0 Å². The number of benzene rings is 1. The molecule has 1 aromatic carbocycles. The first-order valence-corrected chi connectivity index (χ1v) is 5.54. The zero-order valence-electron chi connectivity index (χ0n) is 9.04. The zero-order chi connectivity index (χ0) is 11.2. The van der Waals surface area contributed by atoms with Crippen molar-refractivity contribution in [3.05, 3.63) is 60.6 Å². The van der Waals surface area contributed by atoms with E-state index >= 15 is 0 Å². The average Bonchev–Trinajstić information content (AvgIpc) is 2.76. The van der Waals surface area contributed by atoms with Crippen LogP contribution in [-0.4, -0.2) is 14.4 Å². The van der Waals surface area contributed by atoms with Crippen LogP contribution in [0.25, 0.3) is 22.3 Å². The van der Waals surface area contributed by atoms with Gasteiger partial charge in [-0.15, -0.1) is 0 Å². The molecule has 0 N–H and O–H groups in total. The van der Waals surface area contributed by atoms with E-state index in [0.717, 1.165) is 27.9 Å². The van der Waals surface area contributed by atoms with Gasteiger partial charge < -0.3 is 0 Å². The van der Waals surface area contributed by atoms with E-state index in [-0.39, 0.29) is 0 Å². The summed E-state index contributed by atoms with van der Waals surface area (Å²) < 4.78 is 2.09. The van der Waals surface area contributed by atoms with Crippen LogP contribution in [0.2, 0.25) is 0 Å². The number of hydrogen-bond donors (Lipinski definition) is 0. The molecular formula is C14H9N3. The molecule has 3 aromatic rings. The van der Waals surface area contributed by atoms with Gasteiger partial charge in [-0.25, -0.2) is 9.97 Å². The lowest BCUT2D eigenvalue weighted by atomic mass is 10.0. The first-order valence-electron chi connectivity index (χ1n) is 5.54. The third-order valence-electron chi connectivity index (χ3n) is 3.05. The number of fused-ring (bicyclic) bond motifs is 3. The SMILES string of the molecule is C1=CC(c2nc3ccccc3n3ccnc23)=C1. The highest BCUT2D eigenvalue weighted by atomic mass is 15.0. The Labute approximate surface area is 97.7 Å². The van der Waals surface area contributed by atoms with Crippen LogP contribution >= 0.6 is 0 Å². The number of aromatic nitrogens is 3. The fraction of sp³-hybridized carbons (Fsp3) is 0. The molecule has 0 amide bonds. The Hall–Kier alpha value is -2.42. The van der Waals surface area contributed by atoms with Crippen molar-refractivity contribution in [2.24, 2.45) is 0 Å². The molecule has 0 atom stereocenters. The van der Waals surface area contributed by atoms with Crippen molar-refractivity contribution in [3.8, 4) is 0 Å². The van der Waals surface area contributed by atoms with Crippen LogP contribution in [0.5, 0.6) is 0 Å². The molecule has 3 heteroatoms. The van der Waals surface area contributed by atoms with Gasteiger partial charge in [0, 0.05) is 18.0 Å². The minimum Gasteiger partial charge on any atom is -0.296 e. The lowest BCUT2D eigenvalue weighted by molar-refractivity contribution is 1.19. The smallest absolute Gasteiger partial charge is 0.163 e. The third-order valence-corrected chi connectivity index (χ3v) is 3.05. The van der Waals surface area contributed by atoms with Crippen LogP contribution in [0.1, 0.15) is 5.69 Å². The Morgan fingerprint density at radius 3 is 2.82 bits per heavy atom. The molecule has 0 spiro atoms. The monoisotopic (exact) mass is 219 g/mol. The molecule has 3 nitrogen and oxygen atoms in total. The van der Waals surface area contributed by atoms with Crippen LogP contribution in [0.4, 0.5) is 0 Å². The average molecular weight is 219 g/mol. The molecule has 1 aliphatic rings. The van der Waals surface area contributed by atoms with Crippen molar-refractivity contribution < 1.29 is 0 Å². The van der Waals surface area contributed by atoms with Gasteiger partial charge in [-0.1, -0.05) is 30.4 Å². The first-order chi connectivity index (χ1) is 8.43. The van der Waals surface area contributed by atoms with Gasteiger partial charge in [0.05, 0.1) is 11.0 Å². The van der Waals surface area contributed by atoms with Crippen molar-refractivity contribution >= 4 is 22.3 Å². The highest BCUT2D eigenvalue weighted by molar-refractivity contribution is 5.89. The second kappa shape index (κ2) is 3.04. The molecule has 0 saturated carbocycles. The van der Waals surface area contributed by atoms with Gasteiger partial charge in [-0.2, -0.15) is 0 Å². The van der Waals surface area contributed by atoms with Crippen LogP contribution in [0.15, 0.2) is 54.9 Å². The Balaban J connectivity index is 2.20. The maximum absolute atomic E-state index is 4.69. The summed E-state index contributed by atoms with van der Waals surface area (Å²) in [6.07, 6.45) is 9.94. The Morgan fingerprint density at radius 2 is 2.00 bits per heavy atom. The fourth-order valence-corrected chi connectivity index (χ4v) is 2.15. The summed E-state index contributed by atoms with van der Waals surface area (Å²) in [7, 11) is 0. The minimum absolute atomic E-state index is 0.916. The maximum Gasteiger partial charge on any atom is 0.163 e. The second-order valence-electron chi connectivity index (χ2n) is 4.05. The minimum atomic E-state index is 0.916. The van der Waals surface area contributed by atoms with E-state index in [2.05, 4.69) is 27.6 Å². The Morgan fingerprint density at radius 1 is 1.12 bits per heavy atom. The van der Waals surface area contributed by atoms with E-state index in [1.54, 1.807) is 0 Å². The molecule has 0 radical (unpaired) electrons. The topological polar surface area (TPSA) is 30.2 Å². The van der Waals surface area contributed by atoms with Crippen molar-refractivity contribution in [2.75, 3.05) is 0 Å². The lowest BCUT2D eigenvalue weighted by Gasteiger charge is -2.10. The molecule has 0 bridgehead atoms. The van der Waals surface area contributed by atoms with Crippen molar-refractivity contribution in [2.45, 2.75) is 0 Å². The largest absolute Gasteiger partial charge is 0.296 e. The number of hydrogen-bond acceptors (Lipinski definition) is 2. The highest BCUT2D eigenvalue weighted by Gasteiger charge is 2.13. The molecule has 1 aliphatic carbocycles. The van der Waals surface area contributed by atoms with Gasteiger partial charge in [0.2, 0.25) is 0 Å². The summed E-state index contributed by atoms with van der Waals surface area (Å²) in [5, 5.41) is 0. The predicted molar refractivity (Wildman–Crippen MR) is 67.6 cm³/mol. The quantitative estimate of drug-likeness (QED) is 0.630. The van der Waals surface area contributed by atoms with Gasteiger partial charge in [-0.05, 0) is 12.1 Å². The fourth-order valence-electron chi connectivity index (χ4n) is 2.15. The number of allylic oxidation sites excluding steroid dienone is 4. The summed E-state index contributed by atoms with van der Waals surface area (Å²) in [4.78, 5) is 9.09. The second-order valence-corrected chi connectivity index (χ2v) is 4.05. The highest BCUT2D eigenvalue weighted by Crippen LogP contribution is 2.26.